The molecule has 2 aromatic carbocycles. The van der Waals surface area contributed by atoms with Gasteiger partial charge in [-0.15, -0.1) is 0 Å². The molecular weight excluding hydrogens is 299 g/mol. The van der Waals surface area contributed by atoms with Gasteiger partial charge in [-0.05, 0) is 30.3 Å². The number of carbonyl (C=O) groups excluding carboxylic acids is 1. The lowest BCUT2D eigenvalue weighted by Gasteiger charge is -2.12. The van der Waals surface area contributed by atoms with E-state index in [4.69, 9.17) is 0 Å². The molecule has 23 heavy (non-hydrogen) atoms. The number of rotatable bonds is 2. The van der Waals surface area contributed by atoms with Gasteiger partial charge >= 0.3 is 0 Å². The van der Waals surface area contributed by atoms with E-state index >= 15 is 0 Å². The lowest BCUT2D eigenvalue weighted by molar-refractivity contribution is 0.102. The summed E-state index contributed by atoms with van der Waals surface area (Å²) < 4.78 is 14.5. The maximum absolute atomic E-state index is 13.2. The summed E-state index contributed by atoms with van der Waals surface area (Å²) in [6, 6.07) is 12.0. The van der Waals surface area contributed by atoms with Gasteiger partial charge in [0.15, 0.2) is 0 Å². The SMILES string of the molecule is Cn1c(=O)c(C(=O)Nc2cccc(F)c2)c(O)c2ccccc21. The lowest BCUT2D eigenvalue weighted by atomic mass is 10.1. The number of aromatic nitrogens is 1. The van der Waals surface area contributed by atoms with Crippen molar-refractivity contribution < 1.29 is 14.3 Å². The molecule has 0 atom stereocenters. The van der Waals surface area contributed by atoms with Gasteiger partial charge in [0, 0.05) is 18.1 Å². The van der Waals surface area contributed by atoms with Crippen LogP contribution in [-0.2, 0) is 7.05 Å². The van der Waals surface area contributed by atoms with Gasteiger partial charge in [0.1, 0.15) is 17.1 Å². The number of amides is 1. The second-order valence-corrected chi connectivity index (χ2v) is 5.07. The number of nitrogens with zero attached hydrogens (tertiary/aromatic N) is 1. The second-order valence-electron chi connectivity index (χ2n) is 5.07. The number of para-hydroxylation sites is 1. The molecule has 5 nitrogen and oxygen atoms in total. The third-order valence-corrected chi connectivity index (χ3v) is 3.59. The van der Waals surface area contributed by atoms with Gasteiger partial charge in [0.2, 0.25) is 0 Å². The Hall–Kier alpha value is -3.15. The Labute approximate surface area is 130 Å². The molecule has 0 saturated heterocycles. The Morgan fingerprint density at radius 1 is 1.17 bits per heavy atom. The third-order valence-electron chi connectivity index (χ3n) is 3.59. The van der Waals surface area contributed by atoms with Gasteiger partial charge in [0.05, 0.1) is 5.52 Å². The standard InChI is InChI=1S/C17H13FN2O3/c1-20-13-8-3-2-7-12(13)15(21)14(17(20)23)16(22)19-11-6-4-5-10(18)9-11/h2-9,21H,1H3,(H,19,22). The summed E-state index contributed by atoms with van der Waals surface area (Å²) in [4.78, 5) is 24.7. The number of carbonyl (C=O) groups is 1. The highest BCUT2D eigenvalue weighted by Crippen LogP contribution is 2.26. The number of fused-ring (bicyclic) bond motifs is 1. The molecular formula is C17H13FN2O3. The normalized spacial score (nSPS) is 10.7. The molecule has 6 heteroatoms. The predicted molar refractivity (Wildman–Crippen MR) is 85.2 cm³/mol. The summed E-state index contributed by atoms with van der Waals surface area (Å²) >= 11 is 0. The molecule has 0 aliphatic carbocycles. The third kappa shape index (κ3) is 2.55. The van der Waals surface area contributed by atoms with Crippen LogP contribution in [0.5, 0.6) is 5.75 Å². The highest BCUT2D eigenvalue weighted by molar-refractivity contribution is 6.09. The van der Waals surface area contributed by atoms with Crippen LogP contribution in [0, 0.1) is 5.82 Å². The molecule has 116 valence electrons. The van der Waals surface area contributed by atoms with E-state index in [2.05, 4.69) is 5.32 Å². The average molecular weight is 312 g/mol. The first-order valence-electron chi connectivity index (χ1n) is 6.86. The zero-order valence-corrected chi connectivity index (χ0v) is 12.2. The smallest absolute Gasteiger partial charge is 0.267 e. The van der Waals surface area contributed by atoms with E-state index < -0.39 is 23.0 Å². The van der Waals surface area contributed by atoms with Crippen molar-refractivity contribution in [2.45, 2.75) is 0 Å². The quantitative estimate of drug-likeness (QED) is 0.764. The topological polar surface area (TPSA) is 71.3 Å². The lowest BCUT2D eigenvalue weighted by Crippen LogP contribution is -2.28. The number of pyridine rings is 1. The van der Waals surface area contributed by atoms with Crippen LogP contribution in [0.25, 0.3) is 10.9 Å². The van der Waals surface area contributed by atoms with Crippen LogP contribution < -0.4 is 10.9 Å². The minimum atomic E-state index is -0.792. The Bertz CT molecular complexity index is 979. The van der Waals surface area contributed by atoms with Gasteiger partial charge in [-0.1, -0.05) is 18.2 Å². The van der Waals surface area contributed by atoms with E-state index in [1.54, 1.807) is 24.3 Å². The van der Waals surface area contributed by atoms with Crippen molar-refractivity contribution >= 4 is 22.5 Å². The Balaban J connectivity index is 2.12. The Morgan fingerprint density at radius 3 is 2.65 bits per heavy atom. The molecule has 0 saturated carbocycles. The maximum Gasteiger partial charge on any atom is 0.267 e. The fraction of sp³-hybridized carbons (Fsp3) is 0.0588. The van der Waals surface area contributed by atoms with Gasteiger partial charge < -0.3 is 15.0 Å². The van der Waals surface area contributed by atoms with Gasteiger partial charge in [-0.3, -0.25) is 9.59 Å². The molecule has 0 bridgehead atoms. The maximum atomic E-state index is 13.2. The average Bonchev–Trinajstić information content (AvgIpc) is 2.53. The van der Waals surface area contributed by atoms with E-state index in [1.165, 1.54) is 29.8 Å². The largest absolute Gasteiger partial charge is 0.506 e. The zero-order chi connectivity index (χ0) is 16.6. The van der Waals surface area contributed by atoms with Gasteiger partial charge in [-0.25, -0.2) is 4.39 Å². The van der Waals surface area contributed by atoms with Gasteiger partial charge in [0.25, 0.3) is 11.5 Å². The van der Waals surface area contributed by atoms with E-state index in [0.717, 1.165) is 6.07 Å². The highest BCUT2D eigenvalue weighted by Gasteiger charge is 2.21. The van der Waals surface area contributed by atoms with Crippen molar-refractivity contribution in [3.05, 3.63) is 70.3 Å². The molecule has 0 aliphatic rings. The first-order valence-corrected chi connectivity index (χ1v) is 6.86. The zero-order valence-electron chi connectivity index (χ0n) is 12.2. The van der Waals surface area contributed by atoms with Crippen LogP contribution in [0.1, 0.15) is 10.4 Å². The molecule has 3 aromatic rings. The van der Waals surface area contributed by atoms with E-state index in [0.29, 0.717) is 10.9 Å². The van der Waals surface area contributed by atoms with Crippen molar-refractivity contribution in [3.8, 4) is 5.75 Å². The number of aryl methyl sites for hydroxylation is 1. The number of aromatic hydroxyl groups is 1. The van der Waals surface area contributed by atoms with Crippen LogP contribution in [0.4, 0.5) is 10.1 Å². The summed E-state index contributed by atoms with van der Waals surface area (Å²) in [6.45, 7) is 0. The Morgan fingerprint density at radius 2 is 1.91 bits per heavy atom. The van der Waals surface area contributed by atoms with Gasteiger partial charge in [-0.2, -0.15) is 0 Å². The van der Waals surface area contributed by atoms with Crippen molar-refractivity contribution in [2.24, 2.45) is 7.05 Å². The van der Waals surface area contributed by atoms with Crippen LogP contribution in [0.15, 0.2) is 53.3 Å². The van der Waals surface area contributed by atoms with E-state index in [1.807, 2.05) is 0 Å². The molecule has 0 spiro atoms. The van der Waals surface area contributed by atoms with E-state index in [-0.39, 0.29) is 11.3 Å². The van der Waals surface area contributed by atoms with Crippen molar-refractivity contribution in [3.63, 3.8) is 0 Å². The first kappa shape index (κ1) is 14.8. The molecule has 3 rings (SSSR count). The second kappa shape index (κ2) is 5.57. The minimum absolute atomic E-state index is 0.199. The summed E-state index contributed by atoms with van der Waals surface area (Å²) in [5.41, 5.74) is -0.299. The number of nitrogens with one attached hydrogen (secondary N) is 1. The van der Waals surface area contributed by atoms with Crippen LogP contribution in [-0.4, -0.2) is 15.6 Å². The Kier molecular flexibility index (Phi) is 3.57. The molecule has 0 radical (unpaired) electrons. The number of halogens is 1. The van der Waals surface area contributed by atoms with Crippen molar-refractivity contribution in [2.75, 3.05) is 5.32 Å². The van der Waals surface area contributed by atoms with Crippen LogP contribution in [0.2, 0.25) is 0 Å². The first-order chi connectivity index (χ1) is 11.0. The fourth-order valence-electron chi connectivity index (χ4n) is 2.44. The summed E-state index contributed by atoms with van der Waals surface area (Å²) in [5, 5.41) is 13.1. The molecule has 0 aliphatic heterocycles. The minimum Gasteiger partial charge on any atom is -0.506 e. The fourth-order valence-corrected chi connectivity index (χ4v) is 2.44. The molecule has 2 N–H and O–H groups in total. The molecule has 1 amide bonds. The van der Waals surface area contributed by atoms with Crippen LogP contribution >= 0.6 is 0 Å². The van der Waals surface area contributed by atoms with Crippen LogP contribution in [0.3, 0.4) is 0 Å². The monoisotopic (exact) mass is 312 g/mol. The molecule has 1 aromatic heterocycles. The van der Waals surface area contributed by atoms with Crippen molar-refractivity contribution in [1.82, 2.24) is 4.57 Å². The summed E-state index contributed by atoms with van der Waals surface area (Å²) in [7, 11) is 1.52. The predicted octanol–water partition coefficient (Wildman–Crippen LogP) is 2.64. The number of anilines is 1. The van der Waals surface area contributed by atoms with E-state index in [9.17, 15) is 19.1 Å². The molecule has 0 unspecified atom stereocenters. The summed E-state index contributed by atoms with van der Waals surface area (Å²) in [5.74, 6) is -1.70. The number of hydrogen-bond donors (Lipinski definition) is 2. The molecule has 1 heterocycles. The summed E-state index contributed by atoms with van der Waals surface area (Å²) in [6.07, 6.45) is 0. The number of hydrogen-bond acceptors (Lipinski definition) is 3. The van der Waals surface area contributed by atoms with Crippen molar-refractivity contribution in [1.29, 1.82) is 0 Å². The molecule has 0 fully saturated rings. The highest BCUT2D eigenvalue weighted by atomic mass is 19.1. The number of benzene rings is 2.